The van der Waals surface area contributed by atoms with Crippen LogP contribution < -0.4 is 5.68 Å². The Labute approximate surface area is 72.7 Å². The second kappa shape index (κ2) is 3.61. The zero-order valence-electron chi connectivity index (χ0n) is 8.11. The summed E-state index contributed by atoms with van der Waals surface area (Å²) in [5.41, 5.74) is 0.708. The van der Waals surface area contributed by atoms with Crippen LogP contribution in [0.3, 0.4) is 0 Å². The minimum Gasteiger partial charge on any atom is -0.432 e. The first kappa shape index (κ1) is 9.10. The van der Waals surface area contributed by atoms with E-state index in [0.717, 1.165) is 0 Å². The average Bonchev–Trinajstić information content (AvgIpc) is 2.33. The van der Waals surface area contributed by atoms with Gasteiger partial charge in [-0.1, -0.05) is 0 Å². The molecule has 0 bridgehead atoms. The van der Waals surface area contributed by atoms with Crippen molar-refractivity contribution in [3.63, 3.8) is 0 Å². The van der Waals surface area contributed by atoms with Gasteiger partial charge in [-0.2, -0.15) is 0 Å². The highest BCUT2D eigenvalue weighted by Crippen LogP contribution is 1.98. The lowest BCUT2D eigenvalue weighted by atomic mass is 10.4. The molecule has 0 unspecified atom stereocenters. The predicted molar refractivity (Wildman–Crippen MR) is 47.8 cm³/mol. The van der Waals surface area contributed by atoms with Crippen molar-refractivity contribution in [2.45, 2.75) is 39.8 Å². The van der Waals surface area contributed by atoms with Crippen LogP contribution in [0.15, 0.2) is 21.9 Å². The molecule has 0 aromatic carbocycles. The highest BCUT2D eigenvalue weighted by atomic mass is 16.3. The molecule has 3 nitrogen and oxygen atoms in total. The van der Waals surface area contributed by atoms with Gasteiger partial charge < -0.3 is 4.42 Å². The van der Waals surface area contributed by atoms with Crippen LogP contribution in [0.25, 0.3) is 0 Å². The maximum atomic E-state index is 5.23. The molecule has 0 saturated heterocycles. The number of rotatable bonds is 2. The predicted octanol–water partition coefficient (Wildman–Crippen LogP) is 1.97. The van der Waals surface area contributed by atoms with Crippen molar-refractivity contribution < 1.29 is 4.42 Å². The van der Waals surface area contributed by atoms with E-state index in [4.69, 9.17) is 4.42 Å². The van der Waals surface area contributed by atoms with Crippen LogP contribution in [-0.2, 0) is 0 Å². The lowest BCUT2D eigenvalue weighted by Crippen LogP contribution is -2.19. The van der Waals surface area contributed by atoms with E-state index < -0.39 is 0 Å². The fourth-order valence-corrected chi connectivity index (χ4v) is 0.992. The molecule has 0 atom stereocenters. The summed E-state index contributed by atoms with van der Waals surface area (Å²) < 4.78 is 7.25. The van der Waals surface area contributed by atoms with Crippen LogP contribution in [-0.4, -0.2) is 10.6 Å². The Kier molecular flexibility index (Phi) is 2.74. The zero-order chi connectivity index (χ0) is 9.14. The topological polar surface area (TPSA) is 30.4 Å². The summed E-state index contributed by atoms with van der Waals surface area (Å²) in [7, 11) is 0. The van der Waals surface area contributed by atoms with Crippen molar-refractivity contribution in [2.75, 3.05) is 0 Å². The monoisotopic (exact) mass is 168 g/mol. The summed E-state index contributed by atoms with van der Waals surface area (Å²) in [6, 6.07) is 0.683. The van der Waals surface area contributed by atoms with E-state index in [2.05, 4.69) is 18.8 Å². The van der Waals surface area contributed by atoms with E-state index in [9.17, 15) is 0 Å². The van der Waals surface area contributed by atoms with Crippen LogP contribution in [0.1, 0.15) is 33.7 Å². The first-order valence-corrected chi connectivity index (χ1v) is 4.30. The van der Waals surface area contributed by atoms with Gasteiger partial charge in [0.25, 0.3) is 5.68 Å². The van der Waals surface area contributed by atoms with Gasteiger partial charge in [-0.15, -0.1) is 0 Å². The van der Waals surface area contributed by atoms with Gasteiger partial charge >= 0.3 is 0 Å². The fourth-order valence-electron chi connectivity index (χ4n) is 0.992. The van der Waals surface area contributed by atoms with Gasteiger partial charge in [0.05, 0.1) is 0 Å². The van der Waals surface area contributed by atoms with Crippen molar-refractivity contribution in [3.05, 3.63) is 18.1 Å². The molecule has 12 heavy (non-hydrogen) atoms. The van der Waals surface area contributed by atoms with Crippen LogP contribution in [0.2, 0.25) is 0 Å². The molecule has 0 spiro atoms. The van der Waals surface area contributed by atoms with Crippen molar-refractivity contribution in [1.29, 1.82) is 0 Å². The molecule has 1 heterocycles. The van der Waals surface area contributed by atoms with Crippen LogP contribution in [0.4, 0.5) is 0 Å². The number of oxazole rings is 1. The van der Waals surface area contributed by atoms with E-state index in [1.807, 2.05) is 24.6 Å². The third kappa shape index (κ3) is 2.00. The van der Waals surface area contributed by atoms with Crippen LogP contribution in [0.5, 0.6) is 0 Å². The van der Waals surface area contributed by atoms with Gasteiger partial charge in [-0.3, -0.25) is 4.57 Å². The Morgan fingerprint density at radius 3 is 2.50 bits per heavy atom. The van der Waals surface area contributed by atoms with Gasteiger partial charge in [0.15, 0.2) is 0 Å². The number of hydrogen-bond acceptors (Lipinski definition) is 2. The molecule has 0 radical (unpaired) electrons. The minimum absolute atomic E-state index is 0.279. The molecule has 0 aliphatic rings. The molecular weight excluding hydrogens is 152 g/mol. The van der Waals surface area contributed by atoms with E-state index in [0.29, 0.717) is 11.7 Å². The Morgan fingerprint density at radius 1 is 1.33 bits per heavy atom. The maximum absolute atomic E-state index is 5.23. The summed E-state index contributed by atoms with van der Waals surface area (Å²) in [5, 5.41) is 0. The van der Waals surface area contributed by atoms with Crippen molar-refractivity contribution in [3.8, 4) is 0 Å². The molecule has 0 N–H and O–H groups in total. The van der Waals surface area contributed by atoms with E-state index >= 15 is 0 Å². The van der Waals surface area contributed by atoms with Crippen LogP contribution in [0, 0.1) is 0 Å². The molecule has 3 heteroatoms. The summed E-state index contributed by atoms with van der Waals surface area (Å²) in [6.07, 6.45) is 3.58. The second-order valence-electron chi connectivity index (χ2n) is 3.41. The van der Waals surface area contributed by atoms with Gasteiger partial charge in [0.2, 0.25) is 0 Å². The van der Waals surface area contributed by atoms with Crippen molar-refractivity contribution in [2.24, 2.45) is 4.99 Å². The molecule has 1 aromatic rings. The molecule has 68 valence electrons. The first-order valence-electron chi connectivity index (χ1n) is 4.30. The van der Waals surface area contributed by atoms with Gasteiger partial charge in [-0.25, -0.2) is 4.99 Å². The largest absolute Gasteiger partial charge is 0.432 e. The Morgan fingerprint density at radius 2 is 2.00 bits per heavy atom. The quantitative estimate of drug-likeness (QED) is 0.664. The van der Waals surface area contributed by atoms with Gasteiger partial charge in [-0.05, 0) is 27.7 Å². The third-order valence-electron chi connectivity index (χ3n) is 1.54. The van der Waals surface area contributed by atoms with E-state index in [1.54, 1.807) is 6.26 Å². The lowest BCUT2D eigenvalue weighted by Gasteiger charge is -2.04. The molecular formula is C9H16N2O. The molecule has 0 aliphatic heterocycles. The lowest BCUT2D eigenvalue weighted by molar-refractivity contribution is 0.426. The molecule has 0 aliphatic carbocycles. The van der Waals surface area contributed by atoms with Gasteiger partial charge in [0.1, 0.15) is 6.26 Å². The van der Waals surface area contributed by atoms with E-state index in [-0.39, 0.29) is 6.04 Å². The SMILES string of the molecule is CC(C)N=c1occn1C(C)C. The Balaban J connectivity index is 3.07. The summed E-state index contributed by atoms with van der Waals surface area (Å²) in [6.45, 7) is 8.28. The highest BCUT2D eigenvalue weighted by molar-refractivity contribution is 4.73. The second-order valence-corrected chi connectivity index (χ2v) is 3.41. The maximum Gasteiger partial charge on any atom is 0.297 e. The normalized spacial score (nSPS) is 13.3. The van der Waals surface area contributed by atoms with Gasteiger partial charge in [0, 0.05) is 18.3 Å². The molecule has 0 fully saturated rings. The number of nitrogens with zero attached hydrogens (tertiary/aromatic N) is 2. The molecule has 1 aromatic heterocycles. The van der Waals surface area contributed by atoms with Crippen molar-refractivity contribution in [1.82, 2.24) is 4.57 Å². The average molecular weight is 168 g/mol. The summed E-state index contributed by atoms with van der Waals surface area (Å²) in [5.74, 6) is 0. The Bertz CT molecular complexity index is 293. The molecule has 0 amide bonds. The first-order chi connectivity index (χ1) is 5.61. The highest BCUT2D eigenvalue weighted by Gasteiger charge is 2.00. The smallest absolute Gasteiger partial charge is 0.297 e. The fraction of sp³-hybridized carbons (Fsp3) is 0.667. The number of hydrogen-bond donors (Lipinski definition) is 0. The standard InChI is InChI=1S/C9H16N2O/c1-7(2)10-9-11(8(3)4)5-6-12-9/h5-8H,1-4H3. The minimum atomic E-state index is 0.279. The summed E-state index contributed by atoms with van der Waals surface area (Å²) >= 11 is 0. The number of aromatic nitrogens is 1. The molecule has 0 saturated carbocycles. The summed E-state index contributed by atoms with van der Waals surface area (Å²) in [4.78, 5) is 4.34. The zero-order valence-corrected chi connectivity index (χ0v) is 8.11. The Hall–Kier alpha value is -0.990. The van der Waals surface area contributed by atoms with Crippen molar-refractivity contribution >= 4 is 0 Å². The molecule has 1 rings (SSSR count). The van der Waals surface area contributed by atoms with E-state index in [1.165, 1.54) is 0 Å². The third-order valence-corrected chi connectivity index (χ3v) is 1.54. The van der Waals surface area contributed by atoms with Crippen LogP contribution >= 0.6 is 0 Å².